The first-order valence-electron chi connectivity index (χ1n) is 9.78. The summed E-state index contributed by atoms with van der Waals surface area (Å²) in [7, 11) is -1.19. The maximum absolute atomic E-state index is 12.6. The minimum atomic E-state index is -1.19. The van der Waals surface area contributed by atoms with E-state index in [0.717, 1.165) is 28.9 Å². The van der Waals surface area contributed by atoms with E-state index in [4.69, 9.17) is 4.42 Å². The molecule has 0 saturated heterocycles. The average molecular weight is 411 g/mol. The maximum atomic E-state index is 12.6. The Kier molecular flexibility index (Phi) is 6.99. The van der Waals surface area contributed by atoms with Crippen LogP contribution in [0.25, 0.3) is 11.5 Å². The number of unbranched alkanes of at least 4 members (excludes halogenated alkanes) is 1. The van der Waals surface area contributed by atoms with Crippen LogP contribution in [0.3, 0.4) is 0 Å². The van der Waals surface area contributed by atoms with Gasteiger partial charge in [0.05, 0.1) is 22.2 Å². The van der Waals surface area contributed by atoms with Gasteiger partial charge >= 0.3 is 0 Å². The summed E-state index contributed by atoms with van der Waals surface area (Å²) in [6, 6.07) is 14.8. The monoisotopic (exact) mass is 410 g/mol. The molecule has 0 saturated carbocycles. The Morgan fingerprint density at radius 2 is 1.76 bits per heavy atom. The van der Waals surface area contributed by atoms with Crippen molar-refractivity contribution in [2.45, 2.75) is 44.3 Å². The maximum Gasteiger partial charge on any atom is 0.251 e. The third-order valence-corrected chi connectivity index (χ3v) is 5.99. The van der Waals surface area contributed by atoms with Crippen molar-refractivity contribution in [1.82, 2.24) is 10.3 Å². The number of benzene rings is 2. The van der Waals surface area contributed by atoms with Crippen LogP contribution in [0.4, 0.5) is 0 Å². The van der Waals surface area contributed by atoms with Gasteiger partial charge < -0.3 is 9.73 Å². The van der Waals surface area contributed by atoms with E-state index in [1.807, 2.05) is 50.2 Å². The number of rotatable bonds is 8. The zero-order valence-corrected chi connectivity index (χ0v) is 17.8. The van der Waals surface area contributed by atoms with Crippen molar-refractivity contribution < 1.29 is 13.4 Å². The molecule has 152 valence electrons. The van der Waals surface area contributed by atoms with Gasteiger partial charge in [-0.15, -0.1) is 0 Å². The van der Waals surface area contributed by atoms with E-state index in [0.29, 0.717) is 35.2 Å². The number of aromatic nitrogens is 1. The van der Waals surface area contributed by atoms with Crippen molar-refractivity contribution in [3.63, 3.8) is 0 Å². The standard InChI is InChI=1S/C23H26N2O3S/c1-4-5-14-24-22(26)18-8-10-19(11-9-18)23-25-21(17(3)28-23)15-29(27)20-12-6-16(2)7-13-20/h6-13H,4-5,14-15H2,1-3H3,(H,24,26). The first kappa shape index (κ1) is 21.0. The van der Waals surface area contributed by atoms with Crippen molar-refractivity contribution in [1.29, 1.82) is 0 Å². The second kappa shape index (κ2) is 9.65. The van der Waals surface area contributed by atoms with Gasteiger partial charge in [-0.05, 0) is 56.7 Å². The van der Waals surface area contributed by atoms with Gasteiger partial charge in [0.15, 0.2) is 0 Å². The fraction of sp³-hybridized carbons (Fsp3) is 0.304. The van der Waals surface area contributed by atoms with Crippen LogP contribution in [0.2, 0.25) is 0 Å². The van der Waals surface area contributed by atoms with Gasteiger partial charge in [0, 0.05) is 22.6 Å². The van der Waals surface area contributed by atoms with Crippen LogP contribution in [0.5, 0.6) is 0 Å². The largest absolute Gasteiger partial charge is 0.441 e. The average Bonchev–Trinajstić information content (AvgIpc) is 3.09. The number of oxazole rings is 1. The van der Waals surface area contributed by atoms with Gasteiger partial charge in [0.2, 0.25) is 5.89 Å². The Morgan fingerprint density at radius 3 is 2.41 bits per heavy atom. The lowest BCUT2D eigenvalue weighted by Crippen LogP contribution is -2.24. The van der Waals surface area contributed by atoms with E-state index in [2.05, 4.69) is 17.2 Å². The minimum absolute atomic E-state index is 0.0808. The summed E-state index contributed by atoms with van der Waals surface area (Å²) in [6.45, 7) is 6.59. The second-order valence-electron chi connectivity index (χ2n) is 7.01. The number of amides is 1. The molecule has 1 N–H and O–H groups in total. The second-order valence-corrected chi connectivity index (χ2v) is 8.46. The number of aryl methyl sites for hydroxylation is 2. The molecule has 0 bridgehead atoms. The summed E-state index contributed by atoms with van der Waals surface area (Å²) in [6.07, 6.45) is 2.01. The highest BCUT2D eigenvalue weighted by Gasteiger charge is 2.15. The molecule has 5 nitrogen and oxygen atoms in total. The highest BCUT2D eigenvalue weighted by molar-refractivity contribution is 7.84. The highest BCUT2D eigenvalue weighted by atomic mass is 32.2. The summed E-state index contributed by atoms with van der Waals surface area (Å²) >= 11 is 0. The zero-order chi connectivity index (χ0) is 20.8. The third-order valence-electron chi connectivity index (χ3n) is 4.65. The lowest BCUT2D eigenvalue weighted by Gasteiger charge is -2.04. The van der Waals surface area contributed by atoms with Crippen LogP contribution in [0.1, 0.15) is 47.1 Å². The summed E-state index contributed by atoms with van der Waals surface area (Å²) in [5.41, 5.74) is 3.20. The minimum Gasteiger partial charge on any atom is -0.441 e. The predicted molar refractivity (Wildman–Crippen MR) is 115 cm³/mol. The highest BCUT2D eigenvalue weighted by Crippen LogP contribution is 2.24. The SMILES string of the molecule is CCCCNC(=O)c1ccc(-c2nc(CS(=O)c3ccc(C)cc3)c(C)o2)cc1. The molecular weight excluding hydrogens is 384 g/mol. The van der Waals surface area contributed by atoms with Crippen molar-refractivity contribution in [3.05, 3.63) is 71.1 Å². The van der Waals surface area contributed by atoms with Crippen LogP contribution in [-0.4, -0.2) is 21.6 Å². The van der Waals surface area contributed by atoms with E-state index in [1.165, 1.54) is 0 Å². The van der Waals surface area contributed by atoms with Gasteiger partial charge in [0.25, 0.3) is 5.91 Å². The third kappa shape index (κ3) is 5.41. The normalized spacial score (nSPS) is 12.0. The number of carbonyl (C=O) groups is 1. The number of hydrogen-bond donors (Lipinski definition) is 1. The molecule has 0 aliphatic carbocycles. The molecule has 29 heavy (non-hydrogen) atoms. The van der Waals surface area contributed by atoms with E-state index in [1.54, 1.807) is 12.1 Å². The molecular formula is C23H26N2O3S. The Labute approximate surface area is 174 Å². The predicted octanol–water partition coefficient (Wildman–Crippen LogP) is 4.80. The van der Waals surface area contributed by atoms with Crippen molar-refractivity contribution in [2.24, 2.45) is 0 Å². The molecule has 1 heterocycles. The van der Waals surface area contributed by atoms with Crippen molar-refractivity contribution in [3.8, 4) is 11.5 Å². The molecule has 1 unspecified atom stereocenters. The van der Waals surface area contributed by atoms with Gasteiger partial charge in [-0.25, -0.2) is 4.98 Å². The Morgan fingerprint density at radius 1 is 1.07 bits per heavy atom. The fourth-order valence-corrected chi connectivity index (χ4v) is 3.95. The topological polar surface area (TPSA) is 72.2 Å². The molecule has 1 atom stereocenters. The molecule has 0 aliphatic heterocycles. The van der Waals surface area contributed by atoms with Crippen LogP contribution in [-0.2, 0) is 16.6 Å². The first-order valence-corrected chi connectivity index (χ1v) is 11.1. The number of hydrogen-bond acceptors (Lipinski definition) is 4. The molecule has 3 aromatic rings. The molecule has 0 fully saturated rings. The zero-order valence-electron chi connectivity index (χ0n) is 17.0. The van der Waals surface area contributed by atoms with Crippen LogP contribution < -0.4 is 5.32 Å². The van der Waals surface area contributed by atoms with E-state index >= 15 is 0 Å². The van der Waals surface area contributed by atoms with Crippen LogP contribution in [0.15, 0.2) is 57.8 Å². The number of nitrogens with zero attached hydrogens (tertiary/aromatic N) is 1. The van der Waals surface area contributed by atoms with Gasteiger partial charge in [-0.3, -0.25) is 9.00 Å². The van der Waals surface area contributed by atoms with E-state index in [-0.39, 0.29) is 5.91 Å². The first-order chi connectivity index (χ1) is 14.0. The van der Waals surface area contributed by atoms with Gasteiger partial charge in [0.1, 0.15) is 5.76 Å². The molecule has 0 spiro atoms. The lowest BCUT2D eigenvalue weighted by atomic mass is 10.1. The molecule has 0 aliphatic rings. The molecule has 0 radical (unpaired) electrons. The molecule has 1 aromatic heterocycles. The van der Waals surface area contributed by atoms with E-state index < -0.39 is 10.8 Å². The summed E-state index contributed by atoms with van der Waals surface area (Å²) in [5, 5.41) is 2.90. The fourth-order valence-electron chi connectivity index (χ4n) is 2.83. The lowest BCUT2D eigenvalue weighted by molar-refractivity contribution is 0.0953. The molecule has 3 rings (SSSR count). The smallest absolute Gasteiger partial charge is 0.251 e. The van der Waals surface area contributed by atoms with E-state index in [9.17, 15) is 9.00 Å². The quantitative estimate of drug-likeness (QED) is 0.542. The molecule has 1 amide bonds. The summed E-state index contributed by atoms with van der Waals surface area (Å²) in [4.78, 5) is 17.4. The number of nitrogens with one attached hydrogen (secondary N) is 1. The van der Waals surface area contributed by atoms with Gasteiger partial charge in [-0.2, -0.15) is 0 Å². The summed E-state index contributed by atoms with van der Waals surface area (Å²) < 4.78 is 18.4. The van der Waals surface area contributed by atoms with Crippen LogP contribution in [0, 0.1) is 13.8 Å². The van der Waals surface area contributed by atoms with Crippen LogP contribution >= 0.6 is 0 Å². The van der Waals surface area contributed by atoms with Crippen molar-refractivity contribution >= 4 is 16.7 Å². The Bertz CT molecular complexity index is 992. The van der Waals surface area contributed by atoms with Gasteiger partial charge in [-0.1, -0.05) is 31.0 Å². The Hall–Kier alpha value is -2.73. The molecule has 6 heteroatoms. The Balaban J connectivity index is 1.70. The van der Waals surface area contributed by atoms with Crippen molar-refractivity contribution in [2.75, 3.05) is 6.54 Å². The number of carbonyl (C=O) groups excluding carboxylic acids is 1. The molecule has 2 aromatic carbocycles. The summed E-state index contributed by atoms with van der Waals surface area (Å²) in [5.74, 6) is 1.34.